The number of carboxylic acids is 1. The Hall–Kier alpha value is -1.34. The topological polar surface area (TPSA) is 99.1 Å². The number of amides is 2. The number of ether oxygens (including phenoxy) is 1. The Morgan fingerprint density at radius 3 is 2.88 bits per heavy atom. The molecule has 1 saturated heterocycles. The standard InChI is InChI=1S/C10H18N2O5/c1-17-7-3-2-4-12(6-7)10(16)11-5-8(13)9(14)15/h7-8,13H,2-6H2,1H3,(H,11,16)(H,14,15). The Labute approximate surface area is 99.4 Å². The number of nitrogens with one attached hydrogen (secondary N) is 1. The molecule has 0 aromatic heterocycles. The van der Waals surface area contributed by atoms with Gasteiger partial charge in [-0.1, -0.05) is 0 Å². The first-order valence-corrected chi connectivity index (χ1v) is 5.51. The Morgan fingerprint density at radius 2 is 2.29 bits per heavy atom. The maximum absolute atomic E-state index is 11.6. The van der Waals surface area contributed by atoms with Crippen LogP contribution < -0.4 is 5.32 Å². The van der Waals surface area contributed by atoms with E-state index in [0.717, 1.165) is 12.8 Å². The first kappa shape index (κ1) is 13.7. The fourth-order valence-corrected chi connectivity index (χ4v) is 1.70. The molecule has 0 bridgehead atoms. The fourth-order valence-electron chi connectivity index (χ4n) is 1.70. The van der Waals surface area contributed by atoms with Crippen molar-refractivity contribution in [2.45, 2.75) is 25.0 Å². The Bertz CT molecular complexity index is 284. The number of hydrogen-bond donors (Lipinski definition) is 3. The molecule has 1 rings (SSSR count). The highest BCUT2D eigenvalue weighted by Gasteiger charge is 2.24. The van der Waals surface area contributed by atoms with Crippen molar-refractivity contribution in [1.29, 1.82) is 0 Å². The van der Waals surface area contributed by atoms with E-state index in [2.05, 4.69) is 5.32 Å². The minimum atomic E-state index is -1.57. The van der Waals surface area contributed by atoms with Crippen LogP contribution in [0.4, 0.5) is 4.79 Å². The highest BCUT2D eigenvalue weighted by atomic mass is 16.5. The van der Waals surface area contributed by atoms with Gasteiger partial charge < -0.3 is 25.2 Å². The van der Waals surface area contributed by atoms with Gasteiger partial charge in [0.25, 0.3) is 0 Å². The van der Waals surface area contributed by atoms with E-state index in [1.54, 1.807) is 12.0 Å². The predicted octanol–water partition coefficient (Wildman–Crippen LogP) is -0.748. The first-order valence-electron chi connectivity index (χ1n) is 5.51. The number of carbonyl (C=O) groups excluding carboxylic acids is 1. The van der Waals surface area contributed by atoms with E-state index in [9.17, 15) is 9.59 Å². The van der Waals surface area contributed by atoms with Gasteiger partial charge in [-0.2, -0.15) is 0 Å². The van der Waals surface area contributed by atoms with Gasteiger partial charge in [0.2, 0.25) is 0 Å². The minimum Gasteiger partial charge on any atom is -0.479 e. The number of likely N-dealkylation sites (tertiary alicyclic amines) is 1. The van der Waals surface area contributed by atoms with Crippen molar-refractivity contribution in [3.05, 3.63) is 0 Å². The van der Waals surface area contributed by atoms with Crippen LogP contribution in [0.15, 0.2) is 0 Å². The maximum atomic E-state index is 11.6. The van der Waals surface area contributed by atoms with E-state index in [4.69, 9.17) is 14.9 Å². The molecule has 98 valence electrons. The van der Waals surface area contributed by atoms with E-state index in [1.807, 2.05) is 0 Å². The zero-order valence-corrected chi connectivity index (χ0v) is 9.76. The molecule has 1 aliphatic heterocycles. The van der Waals surface area contributed by atoms with Crippen molar-refractivity contribution in [1.82, 2.24) is 10.2 Å². The summed E-state index contributed by atoms with van der Waals surface area (Å²) in [4.78, 5) is 23.6. The van der Waals surface area contributed by atoms with Crippen LogP contribution in [0.3, 0.4) is 0 Å². The molecule has 1 heterocycles. The third kappa shape index (κ3) is 4.20. The zero-order valence-electron chi connectivity index (χ0n) is 9.76. The summed E-state index contributed by atoms with van der Waals surface area (Å²) in [6.45, 7) is 0.822. The van der Waals surface area contributed by atoms with Crippen LogP contribution in [0, 0.1) is 0 Å². The summed E-state index contributed by atoms with van der Waals surface area (Å²) in [5.74, 6) is -1.35. The van der Waals surface area contributed by atoms with Gasteiger partial charge in [-0.15, -0.1) is 0 Å². The first-order chi connectivity index (χ1) is 8.04. The number of carbonyl (C=O) groups is 2. The Morgan fingerprint density at radius 1 is 1.59 bits per heavy atom. The molecule has 0 spiro atoms. The molecule has 0 aliphatic carbocycles. The quantitative estimate of drug-likeness (QED) is 0.606. The molecule has 2 amide bonds. The van der Waals surface area contributed by atoms with Gasteiger partial charge in [0, 0.05) is 20.2 Å². The third-order valence-electron chi connectivity index (χ3n) is 2.73. The van der Waals surface area contributed by atoms with Gasteiger partial charge >= 0.3 is 12.0 Å². The lowest BCUT2D eigenvalue weighted by Gasteiger charge is -2.32. The van der Waals surface area contributed by atoms with Crippen LogP contribution in [0.1, 0.15) is 12.8 Å². The van der Waals surface area contributed by atoms with E-state index >= 15 is 0 Å². The Balaban J connectivity index is 2.34. The Kier molecular flexibility index (Phi) is 5.17. The molecule has 17 heavy (non-hydrogen) atoms. The van der Waals surface area contributed by atoms with Gasteiger partial charge in [-0.25, -0.2) is 9.59 Å². The van der Waals surface area contributed by atoms with Gasteiger partial charge in [0.15, 0.2) is 6.10 Å². The molecule has 0 saturated carbocycles. The number of carboxylic acid groups (broad SMARTS) is 1. The second-order valence-electron chi connectivity index (χ2n) is 3.99. The van der Waals surface area contributed by atoms with Crippen LogP contribution in [0.2, 0.25) is 0 Å². The summed E-state index contributed by atoms with van der Waals surface area (Å²) in [6, 6.07) is -0.368. The van der Waals surface area contributed by atoms with Gasteiger partial charge in [0.05, 0.1) is 12.6 Å². The number of urea groups is 1. The summed E-state index contributed by atoms with van der Waals surface area (Å²) >= 11 is 0. The van der Waals surface area contributed by atoms with Gasteiger partial charge in [-0.05, 0) is 12.8 Å². The molecule has 0 radical (unpaired) electrons. The molecule has 1 fully saturated rings. The molecule has 0 aromatic carbocycles. The number of aliphatic carboxylic acids is 1. The highest BCUT2D eigenvalue weighted by molar-refractivity contribution is 5.76. The summed E-state index contributed by atoms with van der Waals surface area (Å²) in [7, 11) is 1.60. The van der Waals surface area contributed by atoms with Crippen molar-refractivity contribution in [3.8, 4) is 0 Å². The molecular weight excluding hydrogens is 228 g/mol. The lowest BCUT2D eigenvalue weighted by Crippen LogP contribution is -2.49. The number of aliphatic hydroxyl groups is 1. The van der Waals surface area contributed by atoms with E-state index in [1.165, 1.54) is 0 Å². The van der Waals surface area contributed by atoms with Crippen molar-refractivity contribution >= 4 is 12.0 Å². The molecule has 1 aliphatic rings. The van der Waals surface area contributed by atoms with Crippen molar-refractivity contribution in [3.63, 3.8) is 0 Å². The monoisotopic (exact) mass is 246 g/mol. The normalized spacial score (nSPS) is 22.0. The van der Waals surface area contributed by atoms with Gasteiger partial charge in [-0.3, -0.25) is 0 Å². The zero-order chi connectivity index (χ0) is 12.8. The molecule has 2 atom stereocenters. The average molecular weight is 246 g/mol. The number of methoxy groups -OCH3 is 1. The summed E-state index contributed by atoms with van der Waals surface area (Å²) in [5.41, 5.74) is 0. The largest absolute Gasteiger partial charge is 0.479 e. The van der Waals surface area contributed by atoms with Gasteiger partial charge in [0.1, 0.15) is 0 Å². The number of hydrogen-bond acceptors (Lipinski definition) is 4. The molecule has 7 nitrogen and oxygen atoms in total. The predicted molar refractivity (Wildman–Crippen MR) is 58.6 cm³/mol. The molecular formula is C10H18N2O5. The third-order valence-corrected chi connectivity index (χ3v) is 2.73. The van der Waals surface area contributed by atoms with Crippen LogP contribution in [-0.4, -0.2) is 66.1 Å². The fraction of sp³-hybridized carbons (Fsp3) is 0.800. The second kappa shape index (κ2) is 6.41. The molecule has 2 unspecified atom stereocenters. The summed E-state index contributed by atoms with van der Waals surface area (Å²) in [5, 5.41) is 19.8. The van der Waals surface area contributed by atoms with Crippen molar-refractivity contribution < 1.29 is 24.5 Å². The van der Waals surface area contributed by atoms with Crippen LogP contribution in [0.25, 0.3) is 0 Å². The SMILES string of the molecule is COC1CCCN(C(=O)NCC(O)C(=O)O)C1. The lowest BCUT2D eigenvalue weighted by molar-refractivity contribution is -0.146. The minimum absolute atomic E-state index is 0.0268. The van der Waals surface area contributed by atoms with Crippen LogP contribution >= 0.6 is 0 Å². The second-order valence-corrected chi connectivity index (χ2v) is 3.99. The number of aliphatic hydroxyl groups excluding tert-OH is 1. The smallest absolute Gasteiger partial charge is 0.334 e. The number of nitrogens with zero attached hydrogens (tertiary/aromatic N) is 1. The van der Waals surface area contributed by atoms with E-state index in [0.29, 0.717) is 13.1 Å². The highest BCUT2D eigenvalue weighted by Crippen LogP contribution is 2.12. The van der Waals surface area contributed by atoms with Crippen molar-refractivity contribution in [2.24, 2.45) is 0 Å². The molecule has 7 heteroatoms. The lowest BCUT2D eigenvalue weighted by atomic mass is 10.1. The van der Waals surface area contributed by atoms with Crippen LogP contribution in [0.5, 0.6) is 0 Å². The average Bonchev–Trinajstić information content (AvgIpc) is 2.35. The number of rotatable bonds is 4. The van der Waals surface area contributed by atoms with Crippen LogP contribution in [-0.2, 0) is 9.53 Å². The molecule has 3 N–H and O–H groups in total. The van der Waals surface area contributed by atoms with E-state index < -0.39 is 12.1 Å². The van der Waals surface area contributed by atoms with Crippen molar-refractivity contribution in [2.75, 3.05) is 26.7 Å². The summed E-state index contributed by atoms with van der Waals surface area (Å²) < 4.78 is 5.17. The number of piperidine rings is 1. The summed E-state index contributed by atoms with van der Waals surface area (Å²) in [6.07, 6.45) is 0.228. The maximum Gasteiger partial charge on any atom is 0.334 e. The van der Waals surface area contributed by atoms with E-state index in [-0.39, 0.29) is 18.7 Å². The molecule has 0 aromatic rings.